The standard InChI is InChI=1S/C29H28ClF3N4O3/c1-3-19-14-36-20(16-37(28(36)39)25-11-9-18(30)13-22(25)29(31,32)33)15-35(19)26-12-10-23(34-24(26)17-38)21-7-5-6-8-27(21)40-4-2/h5-13,17,19-20H,3-4,14-16H2,1-2H3/t19-,20+/m1/s1. The molecule has 7 nitrogen and oxygen atoms in total. The van der Waals surface area contributed by atoms with Crippen molar-refractivity contribution in [2.45, 2.75) is 38.5 Å². The molecule has 0 bridgehead atoms. The quantitative estimate of drug-likeness (QED) is 0.301. The lowest BCUT2D eigenvalue weighted by atomic mass is 10.0. The Labute approximate surface area is 235 Å². The van der Waals surface area contributed by atoms with Crippen LogP contribution in [0.3, 0.4) is 0 Å². The second-order valence-corrected chi connectivity index (χ2v) is 10.2. The molecule has 2 saturated heterocycles. The Morgan fingerprint density at radius 2 is 1.77 bits per heavy atom. The van der Waals surface area contributed by atoms with Crippen LogP contribution in [0, 0.1) is 0 Å². The summed E-state index contributed by atoms with van der Waals surface area (Å²) in [6, 6.07) is 13.5. The molecular formula is C29H28ClF3N4O3. The van der Waals surface area contributed by atoms with E-state index >= 15 is 0 Å². The fourth-order valence-electron chi connectivity index (χ4n) is 5.51. The highest BCUT2D eigenvalue weighted by Gasteiger charge is 2.47. The van der Waals surface area contributed by atoms with Crippen molar-refractivity contribution in [1.82, 2.24) is 9.88 Å². The lowest BCUT2D eigenvalue weighted by Gasteiger charge is -2.44. The van der Waals surface area contributed by atoms with E-state index in [1.807, 2.05) is 55.1 Å². The molecule has 2 amide bonds. The number of aromatic nitrogens is 1. The lowest BCUT2D eigenvalue weighted by Crippen LogP contribution is -2.57. The first kappa shape index (κ1) is 27.8. The van der Waals surface area contributed by atoms with Crippen LogP contribution in [-0.4, -0.2) is 60.5 Å². The number of fused-ring (bicyclic) bond motifs is 1. The van der Waals surface area contributed by atoms with Gasteiger partial charge in [-0.1, -0.05) is 30.7 Å². The van der Waals surface area contributed by atoms with Gasteiger partial charge in [0.1, 0.15) is 11.4 Å². The molecule has 0 spiro atoms. The number of halogens is 4. The number of amides is 2. The second kappa shape index (κ2) is 11.0. The lowest BCUT2D eigenvalue weighted by molar-refractivity contribution is -0.137. The van der Waals surface area contributed by atoms with Crippen LogP contribution in [0.15, 0.2) is 54.6 Å². The molecule has 210 valence electrons. The number of carbonyl (C=O) groups excluding carboxylic acids is 2. The van der Waals surface area contributed by atoms with Crippen LogP contribution in [-0.2, 0) is 6.18 Å². The van der Waals surface area contributed by atoms with Crippen molar-refractivity contribution in [3.8, 4) is 17.0 Å². The van der Waals surface area contributed by atoms with Crippen molar-refractivity contribution >= 4 is 35.3 Å². The molecule has 2 atom stereocenters. The fourth-order valence-corrected chi connectivity index (χ4v) is 5.68. The average Bonchev–Trinajstić information content (AvgIpc) is 3.27. The summed E-state index contributed by atoms with van der Waals surface area (Å²) in [6.07, 6.45) is -3.32. The summed E-state index contributed by atoms with van der Waals surface area (Å²) < 4.78 is 47.2. The predicted octanol–water partition coefficient (Wildman–Crippen LogP) is 6.54. The first-order valence-electron chi connectivity index (χ1n) is 13.1. The Bertz CT molecular complexity index is 1430. The van der Waals surface area contributed by atoms with E-state index in [1.54, 1.807) is 4.90 Å². The number of anilines is 2. The molecule has 11 heteroatoms. The van der Waals surface area contributed by atoms with Gasteiger partial charge in [-0.15, -0.1) is 0 Å². The smallest absolute Gasteiger partial charge is 0.418 e. The molecule has 0 radical (unpaired) electrons. The van der Waals surface area contributed by atoms with Crippen LogP contribution in [0.25, 0.3) is 11.3 Å². The maximum absolute atomic E-state index is 13.8. The number of ether oxygens (including phenoxy) is 1. The number of urea groups is 1. The Hall–Kier alpha value is -3.79. The molecule has 2 fully saturated rings. The predicted molar refractivity (Wildman–Crippen MR) is 147 cm³/mol. The van der Waals surface area contributed by atoms with Crippen molar-refractivity contribution in [1.29, 1.82) is 0 Å². The van der Waals surface area contributed by atoms with Crippen molar-refractivity contribution in [2.24, 2.45) is 0 Å². The van der Waals surface area contributed by atoms with Crippen LogP contribution >= 0.6 is 11.6 Å². The van der Waals surface area contributed by atoms with Crippen molar-refractivity contribution in [3.63, 3.8) is 0 Å². The zero-order valence-corrected chi connectivity index (χ0v) is 22.7. The third kappa shape index (κ3) is 5.08. The van der Waals surface area contributed by atoms with Crippen LogP contribution < -0.4 is 14.5 Å². The summed E-state index contributed by atoms with van der Waals surface area (Å²) >= 11 is 5.85. The molecular weight excluding hydrogens is 545 g/mol. The molecule has 2 aliphatic heterocycles. The van der Waals surface area contributed by atoms with Gasteiger partial charge in [-0.25, -0.2) is 9.78 Å². The van der Waals surface area contributed by atoms with Gasteiger partial charge in [-0.05, 0) is 55.8 Å². The first-order valence-corrected chi connectivity index (χ1v) is 13.4. The highest BCUT2D eigenvalue weighted by molar-refractivity contribution is 6.30. The van der Waals surface area contributed by atoms with E-state index in [0.717, 1.165) is 11.6 Å². The summed E-state index contributed by atoms with van der Waals surface area (Å²) in [5, 5.41) is -0.0566. The Balaban J connectivity index is 1.46. The number of para-hydroxylation sites is 1. The molecule has 3 heterocycles. The molecule has 3 aromatic rings. The summed E-state index contributed by atoms with van der Waals surface area (Å²) in [5.41, 5.74) is 1.04. The summed E-state index contributed by atoms with van der Waals surface area (Å²) in [7, 11) is 0. The van der Waals surface area contributed by atoms with Crippen molar-refractivity contribution < 1.29 is 27.5 Å². The minimum absolute atomic E-state index is 0.0566. The Morgan fingerprint density at radius 1 is 1.02 bits per heavy atom. The molecule has 0 aliphatic carbocycles. The van der Waals surface area contributed by atoms with Gasteiger partial charge in [-0.2, -0.15) is 13.2 Å². The van der Waals surface area contributed by atoms with E-state index in [2.05, 4.69) is 4.98 Å². The van der Waals surface area contributed by atoms with Gasteiger partial charge >= 0.3 is 12.2 Å². The summed E-state index contributed by atoms with van der Waals surface area (Å²) in [4.78, 5) is 35.1. The summed E-state index contributed by atoms with van der Waals surface area (Å²) in [6.45, 7) is 5.06. The molecule has 0 unspecified atom stereocenters. The number of alkyl halides is 3. The number of rotatable bonds is 7. The zero-order valence-electron chi connectivity index (χ0n) is 22.0. The number of piperazine rings is 1. The molecule has 2 aromatic carbocycles. The van der Waals surface area contributed by atoms with Gasteiger partial charge < -0.3 is 14.5 Å². The largest absolute Gasteiger partial charge is 0.493 e. The van der Waals surface area contributed by atoms with Crippen LogP contribution in [0.5, 0.6) is 5.75 Å². The van der Waals surface area contributed by atoms with E-state index < -0.39 is 17.8 Å². The van der Waals surface area contributed by atoms with Crippen LogP contribution in [0.1, 0.15) is 36.3 Å². The highest BCUT2D eigenvalue weighted by atomic mass is 35.5. The van der Waals surface area contributed by atoms with E-state index in [0.29, 0.717) is 49.5 Å². The first-order chi connectivity index (χ1) is 19.2. The molecule has 5 rings (SSSR count). The van der Waals surface area contributed by atoms with Crippen LogP contribution in [0.4, 0.5) is 29.3 Å². The number of aldehydes is 1. The number of pyridine rings is 1. The van der Waals surface area contributed by atoms with Gasteiger partial charge in [0.15, 0.2) is 6.29 Å². The van der Waals surface area contributed by atoms with Crippen molar-refractivity contribution in [2.75, 3.05) is 36.0 Å². The van der Waals surface area contributed by atoms with Gasteiger partial charge in [0.25, 0.3) is 0 Å². The molecule has 0 N–H and O–H groups in total. The zero-order chi connectivity index (χ0) is 28.6. The van der Waals surface area contributed by atoms with Crippen LogP contribution in [0.2, 0.25) is 5.02 Å². The molecule has 2 aliphatic rings. The van der Waals surface area contributed by atoms with E-state index in [1.165, 1.54) is 17.0 Å². The number of nitrogens with zero attached hydrogens (tertiary/aromatic N) is 4. The summed E-state index contributed by atoms with van der Waals surface area (Å²) in [5.74, 6) is 0.659. The topological polar surface area (TPSA) is 66.0 Å². The maximum Gasteiger partial charge on any atom is 0.418 e. The maximum atomic E-state index is 13.8. The fraction of sp³-hybridized carbons (Fsp3) is 0.345. The molecule has 1 aromatic heterocycles. The third-order valence-corrected chi connectivity index (χ3v) is 7.61. The van der Waals surface area contributed by atoms with Gasteiger partial charge in [0.05, 0.1) is 35.3 Å². The second-order valence-electron chi connectivity index (χ2n) is 9.72. The molecule has 0 saturated carbocycles. The minimum Gasteiger partial charge on any atom is -0.493 e. The van der Waals surface area contributed by atoms with Gasteiger partial charge in [0, 0.05) is 36.3 Å². The number of benzene rings is 2. The number of hydrogen-bond donors (Lipinski definition) is 0. The SMILES string of the molecule is CCOc1ccccc1-c1ccc(N2C[C@H]3CN(c4ccc(Cl)cc4C(F)(F)F)C(=O)N3C[C@H]2CC)c(C=O)n1. The van der Waals surface area contributed by atoms with Gasteiger partial charge in [-0.3, -0.25) is 9.69 Å². The van der Waals surface area contributed by atoms with E-state index in [4.69, 9.17) is 16.3 Å². The average molecular weight is 573 g/mol. The number of carbonyl (C=O) groups is 2. The Morgan fingerprint density at radius 3 is 2.48 bits per heavy atom. The number of hydrogen-bond acceptors (Lipinski definition) is 5. The van der Waals surface area contributed by atoms with E-state index in [9.17, 15) is 22.8 Å². The third-order valence-electron chi connectivity index (χ3n) is 7.38. The highest BCUT2D eigenvalue weighted by Crippen LogP contribution is 2.41. The minimum atomic E-state index is -4.67. The monoisotopic (exact) mass is 572 g/mol. The molecule has 40 heavy (non-hydrogen) atoms. The van der Waals surface area contributed by atoms with Crippen molar-refractivity contribution in [3.05, 3.63) is 70.9 Å². The Kier molecular flexibility index (Phi) is 7.63. The van der Waals surface area contributed by atoms with E-state index in [-0.39, 0.29) is 35.0 Å². The van der Waals surface area contributed by atoms with Gasteiger partial charge in [0.2, 0.25) is 0 Å². The normalized spacial score (nSPS) is 19.1.